The van der Waals surface area contributed by atoms with Crippen molar-refractivity contribution in [2.45, 2.75) is 51.7 Å². The molecule has 210 valence electrons. The van der Waals surface area contributed by atoms with Crippen molar-refractivity contribution in [2.75, 3.05) is 19.7 Å². The standard InChI is InChI=1S/C32H31ClN4O4/c1-20(38)22-6-8-26-27(16-22)37(18-24-12-15-39-24)30(35-26)19-36-13-10-21(11-14-36)25-4-3-5-28-31(25)41-32(2,40-28)29-9-7-23(33)17-34-29/h3-10,16-17,24H,11-15,18-19H2,1-2H3/t24-,32-/m0/s1. The molecular formula is C32H31ClN4O4. The van der Waals surface area contributed by atoms with Crippen LogP contribution in [0.4, 0.5) is 0 Å². The number of halogens is 1. The van der Waals surface area contributed by atoms with Crippen LogP contribution in [0.5, 0.6) is 11.5 Å². The molecule has 0 amide bonds. The number of carbonyl (C=O) groups is 1. The van der Waals surface area contributed by atoms with Gasteiger partial charge in [-0.25, -0.2) is 4.98 Å². The lowest BCUT2D eigenvalue weighted by Gasteiger charge is -2.29. The summed E-state index contributed by atoms with van der Waals surface area (Å²) in [4.78, 5) is 23.9. The summed E-state index contributed by atoms with van der Waals surface area (Å²) in [5.74, 6) is 1.49. The van der Waals surface area contributed by atoms with E-state index < -0.39 is 5.79 Å². The second-order valence-corrected chi connectivity index (χ2v) is 11.5. The summed E-state index contributed by atoms with van der Waals surface area (Å²) in [5, 5.41) is 0.568. The molecule has 5 heterocycles. The van der Waals surface area contributed by atoms with Crippen molar-refractivity contribution in [1.29, 1.82) is 0 Å². The molecule has 4 aromatic rings. The average molecular weight is 571 g/mol. The summed E-state index contributed by atoms with van der Waals surface area (Å²) in [7, 11) is 0. The fourth-order valence-corrected chi connectivity index (χ4v) is 5.89. The number of aromatic nitrogens is 3. The zero-order valence-electron chi connectivity index (χ0n) is 23.1. The number of para-hydroxylation sites is 1. The van der Waals surface area contributed by atoms with Crippen LogP contribution in [0.3, 0.4) is 0 Å². The quantitative estimate of drug-likeness (QED) is 0.252. The molecular weight excluding hydrogens is 540 g/mol. The van der Waals surface area contributed by atoms with Gasteiger partial charge in [0.15, 0.2) is 17.3 Å². The summed E-state index contributed by atoms with van der Waals surface area (Å²) >= 11 is 6.04. The first-order valence-electron chi connectivity index (χ1n) is 14.0. The topological polar surface area (TPSA) is 78.7 Å². The van der Waals surface area contributed by atoms with Crippen LogP contribution < -0.4 is 9.47 Å². The van der Waals surface area contributed by atoms with Crippen molar-refractivity contribution < 1.29 is 19.0 Å². The second kappa shape index (κ2) is 10.3. The maximum Gasteiger partial charge on any atom is 0.292 e. The summed E-state index contributed by atoms with van der Waals surface area (Å²) in [5.41, 5.74) is 5.55. The van der Waals surface area contributed by atoms with Gasteiger partial charge in [0.05, 0.1) is 35.2 Å². The van der Waals surface area contributed by atoms with Gasteiger partial charge in [0, 0.05) is 43.9 Å². The Bertz CT molecular complexity index is 1680. The van der Waals surface area contributed by atoms with E-state index >= 15 is 0 Å². The van der Waals surface area contributed by atoms with Gasteiger partial charge in [0.1, 0.15) is 11.5 Å². The lowest BCUT2D eigenvalue weighted by atomic mass is 9.98. The van der Waals surface area contributed by atoms with Crippen LogP contribution in [0, 0.1) is 0 Å². The number of carbonyl (C=O) groups excluding carboxylic acids is 1. The molecule has 0 radical (unpaired) electrons. The first-order valence-corrected chi connectivity index (χ1v) is 14.4. The number of nitrogens with zero attached hydrogens (tertiary/aromatic N) is 4. The molecule has 0 bridgehead atoms. The van der Waals surface area contributed by atoms with Gasteiger partial charge < -0.3 is 18.8 Å². The van der Waals surface area contributed by atoms with Crippen molar-refractivity contribution in [1.82, 2.24) is 19.4 Å². The fraction of sp³-hybridized carbons (Fsp3) is 0.344. The zero-order chi connectivity index (χ0) is 28.1. The van der Waals surface area contributed by atoms with Crippen molar-refractivity contribution in [3.05, 3.63) is 88.5 Å². The van der Waals surface area contributed by atoms with Crippen molar-refractivity contribution >= 4 is 34.0 Å². The van der Waals surface area contributed by atoms with E-state index in [1.165, 1.54) is 5.57 Å². The molecule has 3 aliphatic heterocycles. The Kier molecular flexibility index (Phi) is 6.57. The van der Waals surface area contributed by atoms with Gasteiger partial charge in [-0.3, -0.25) is 14.7 Å². The van der Waals surface area contributed by atoms with Gasteiger partial charge in [-0.05, 0) is 61.7 Å². The van der Waals surface area contributed by atoms with Gasteiger partial charge in [0.2, 0.25) is 0 Å². The molecule has 1 fully saturated rings. The molecule has 0 saturated carbocycles. The van der Waals surface area contributed by atoms with Crippen LogP contribution >= 0.6 is 11.6 Å². The third-order valence-electron chi connectivity index (χ3n) is 8.19. The molecule has 8 nitrogen and oxygen atoms in total. The van der Waals surface area contributed by atoms with Gasteiger partial charge in [-0.1, -0.05) is 29.8 Å². The van der Waals surface area contributed by atoms with Gasteiger partial charge in [-0.2, -0.15) is 0 Å². The fourth-order valence-electron chi connectivity index (χ4n) is 5.78. The number of hydrogen-bond donors (Lipinski definition) is 0. The van der Waals surface area contributed by atoms with Gasteiger partial charge >= 0.3 is 0 Å². The van der Waals surface area contributed by atoms with Crippen LogP contribution in [0.1, 0.15) is 54.1 Å². The summed E-state index contributed by atoms with van der Waals surface area (Å²) in [6, 6.07) is 15.4. The molecule has 2 aromatic carbocycles. The van der Waals surface area contributed by atoms with E-state index in [1.807, 2.05) is 43.3 Å². The lowest BCUT2D eigenvalue weighted by molar-refractivity contribution is -0.0718. The summed E-state index contributed by atoms with van der Waals surface area (Å²) in [6.07, 6.45) is 5.98. The Labute approximate surface area is 243 Å². The highest BCUT2D eigenvalue weighted by Gasteiger charge is 2.41. The largest absolute Gasteiger partial charge is 0.443 e. The minimum atomic E-state index is -1.02. The molecule has 41 heavy (non-hydrogen) atoms. The van der Waals surface area contributed by atoms with E-state index in [0.29, 0.717) is 28.6 Å². The maximum atomic E-state index is 12.1. The predicted octanol–water partition coefficient (Wildman–Crippen LogP) is 6.01. The van der Waals surface area contributed by atoms with Crippen LogP contribution in [0.25, 0.3) is 16.6 Å². The van der Waals surface area contributed by atoms with Crippen molar-refractivity contribution in [3.8, 4) is 11.5 Å². The lowest BCUT2D eigenvalue weighted by Crippen LogP contribution is -2.33. The Morgan fingerprint density at radius 1 is 1.17 bits per heavy atom. The number of ether oxygens (including phenoxy) is 3. The van der Waals surface area contributed by atoms with Crippen LogP contribution in [0.15, 0.2) is 60.8 Å². The van der Waals surface area contributed by atoms with Gasteiger partial charge in [0.25, 0.3) is 5.79 Å². The van der Waals surface area contributed by atoms with E-state index in [0.717, 1.165) is 67.3 Å². The number of Topliss-reactive ketones (excluding diaryl/α,β-unsaturated/α-hetero) is 1. The first kappa shape index (κ1) is 26.2. The smallest absolute Gasteiger partial charge is 0.292 e. The van der Waals surface area contributed by atoms with E-state index in [9.17, 15) is 4.79 Å². The molecule has 3 aliphatic rings. The van der Waals surface area contributed by atoms with E-state index in [2.05, 4.69) is 26.6 Å². The molecule has 2 aromatic heterocycles. The Hall–Kier alpha value is -3.72. The number of fused-ring (bicyclic) bond motifs is 2. The molecule has 7 rings (SSSR count). The number of benzene rings is 2. The Morgan fingerprint density at radius 3 is 2.76 bits per heavy atom. The highest BCUT2D eigenvalue weighted by atomic mass is 35.5. The molecule has 1 saturated heterocycles. The van der Waals surface area contributed by atoms with E-state index in [-0.39, 0.29) is 11.9 Å². The number of ketones is 1. The van der Waals surface area contributed by atoms with Crippen molar-refractivity contribution in [2.24, 2.45) is 0 Å². The number of rotatable bonds is 7. The highest BCUT2D eigenvalue weighted by molar-refractivity contribution is 6.30. The van der Waals surface area contributed by atoms with Crippen LogP contribution in [-0.4, -0.2) is 51.0 Å². The molecule has 2 atom stereocenters. The Morgan fingerprint density at radius 2 is 2.05 bits per heavy atom. The van der Waals surface area contributed by atoms with E-state index in [1.54, 1.807) is 19.2 Å². The van der Waals surface area contributed by atoms with Crippen molar-refractivity contribution in [3.63, 3.8) is 0 Å². The Balaban J connectivity index is 1.11. The normalized spacial score (nSPS) is 22.0. The third-order valence-corrected chi connectivity index (χ3v) is 8.41. The molecule has 9 heteroatoms. The maximum absolute atomic E-state index is 12.1. The molecule has 0 unspecified atom stereocenters. The number of imidazole rings is 1. The monoisotopic (exact) mass is 570 g/mol. The molecule has 0 spiro atoms. The minimum Gasteiger partial charge on any atom is -0.443 e. The minimum absolute atomic E-state index is 0.0568. The number of pyridine rings is 1. The van der Waals surface area contributed by atoms with Gasteiger partial charge in [-0.15, -0.1) is 0 Å². The molecule has 0 aliphatic carbocycles. The first-order chi connectivity index (χ1) is 19.9. The number of hydrogen-bond acceptors (Lipinski definition) is 7. The highest BCUT2D eigenvalue weighted by Crippen LogP contribution is 2.48. The predicted molar refractivity (Wildman–Crippen MR) is 156 cm³/mol. The van der Waals surface area contributed by atoms with Crippen LogP contribution in [-0.2, 0) is 23.6 Å². The second-order valence-electron chi connectivity index (χ2n) is 11.0. The summed E-state index contributed by atoms with van der Waals surface area (Å²) < 4.78 is 20.7. The average Bonchev–Trinajstić information content (AvgIpc) is 3.47. The SMILES string of the molecule is CC(=O)c1ccc2nc(CN3CC=C(c4cccc5c4O[C@@](C)(c4ccc(Cl)cn4)O5)CC3)n(C[C@@H]3CCO3)c2c1. The zero-order valence-corrected chi connectivity index (χ0v) is 23.9. The van der Waals surface area contributed by atoms with E-state index in [4.69, 9.17) is 30.8 Å². The molecule has 0 N–H and O–H groups in total. The third kappa shape index (κ3) is 4.90. The van der Waals surface area contributed by atoms with Crippen LogP contribution in [0.2, 0.25) is 5.02 Å². The summed E-state index contributed by atoms with van der Waals surface area (Å²) in [6.45, 7) is 7.42.